The van der Waals surface area contributed by atoms with Crippen molar-refractivity contribution in [3.05, 3.63) is 99.0 Å². The van der Waals surface area contributed by atoms with Crippen molar-refractivity contribution >= 4 is 40.4 Å². The fourth-order valence-corrected chi connectivity index (χ4v) is 4.97. The minimum absolute atomic E-state index is 0.188. The van der Waals surface area contributed by atoms with Gasteiger partial charge < -0.3 is 9.73 Å². The summed E-state index contributed by atoms with van der Waals surface area (Å²) in [6.07, 6.45) is 8.41. The van der Waals surface area contributed by atoms with E-state index in [4.69, 9.17) is 31.7 Å². The first-order valence-corrected chi connectivity index (χ1v) is 13.3. The van der Waals surface area contributed by atoms with Crippen LogP contribution in [-0.2, 0) is 11.8 Å². The van der Waals surface area contributed by atoms with E-state index in [-0.39, 0.29) is 39.2 Å². The third kappa shape index (κ3) is 5.19. The van der Waals surface area contributed by atoms with Crippen molar-refractivity contribution < 1.29 is 13.3 Å². The Morgan fingerprint density at radius 2 is 2.02 bits per heavy atom. The monoisotopic (exact) mass is 590 g/mol. The van der Waals surface area contributed by atoms with Crippen molar-refractivity contribution in [1.29, 1.82) is 0 Å². The normalized spacial score (nSPS) is 18.0. The van der Waals surface area contributed by atoms with Crippen LogP contribution in [0.15, 0.2) is 76.5 Å². The summed E-state index contributed by atoms with van der Waals surface area (Å²) in [6, 6.07) is 9.64. The standard InChI is InChI=1S/C29H23Cl2N7O3/c1-16-4-3-5-19(22-10-17(8-9-32-22)28-23(34-29(16)40)13-33-37(28)2)21-15-41-26(12-25(21)39)20-11-18(30)6-7-24(20)38-14-27(31)35-36-38/h5-16H,3-4H2,1-2H3,(H,34,40)/b19-5-/t16-/m1/s1/i2D3. The largest absolute Gasteiger partial charge is 0.463 e. The fourth-order valence-electron chi connectivity index (χ4n) is 4.68. The van der Waals surface area contributed by atoms with Crippen molar-refractivity contribution in [2.24, 2.45) is 12.9 Å². The molecule has 0 unspecified atom stereocenters. The van der Waals surface area contributed by atoms with Gasteiger partial charge in [0.1, 0.15) is 12.0 Å². The molecule has 206 valence electrons. The number of halogens is 2. The molecule has 0 saturated carbocycles. The molecule has 10 nitrogen and oxygen atoms in total. The van der Waals surface area contributed by atoms with Gasteiger partial charge in [-0.15, -0.1) is 5.10 Å². The van der Waals surface area contributed by atoms with Crippen LogP contribution in [0, 0.1) is 5.92 Å². The Hall–Kier alpha value is -4.54. The first-order chi connectivity index (χ1) is 21.0. The minimum atomic E-state index is -2.61. The summed E-state index contributed by atoms with van der Waals surface area (Å²) in [4.78, 5) is 31.2. The quantitative estimate of drug-likeness (QED) is 0.282. The highest BCUT2D eigenvalue weighted by Gasteiger charge is 2.22. The molecule has 6 rings (SSSR count). The molecule has 4 aromatic heterocycles. The number of nitrogens with one attached hydrogen (secondary N) is 1. The molecule has 5 heterocycles. The van der Waals surface area contributed by atoms with Gasteiger partial charge in [-0.25, -0.2) is 4.68 Å². The number of fused-ring (bicyclic) bond motifs is 4. The molecular weight excluding hydrogens is 565 g/mol. The van der Waals surface area contributed by atoms with Gasteiger partial charge in [-0.05, 0) is 43.2 Å². The Morgan fingerprint density at radius 1 is 1.15 bits per heavy atom. The van der Waals surface area contributed by atoms with Crippen LogP contribution in [0.4, 0.5) is 5.69 Å². The highest BCUT2D eigenvalue weighted by Crippen LogP contribution is 2.33. The van der Waals surface area contributed by atoms with E-state index >= 15 is 0 Å². The molecule has 0 fully saturated rings. The second-order valence-electron chi connectivity index (χ2n) is 9.50. The maximum Gasteiger partial charge on any atom is 0.227 e. The molecule has 0 radical (unpaired) electrons. The van der Waals surface area contributed by atoms with Crippen molar-refractivity contribution in [1.82, 2.24) is 29.8 Å². The number of allylic oxidation sites excluding steroid dienone is 1. The number of amides is 1. The molecule has 2 bridgehead atoms. The smallest absolute Gasteiger partial charge is 0.227 e. The second kappa shape index (κ2) is 10.8. The Balaban J connectivity index is 1.48. The number of hydrogen-bond acceptors (Lipinski definition) is 7. The van der Waals surface area contributed by atoms with Crippen molar-refractivity contribution in [3.8, 4) is 28.3 Å². The summed E-state index contributed by atoms with van der Waals surface area (Å²) in [6.45, 7) is -0.842. The van der Waals surface area contributed by atoms with E-state index in [0.29, 0.717) is 45.9 Å². The zero-order chi connectivity index (χ0) is 31.2. The van der Waals surface area contributed by atoms with Crippen LogP contribution in [0.2, 0.25) is 10.2 Å². The second-order valence-corrected chi connectivity index (χ2v) is 10.3. The van der Waals surface area contributed by atoms with Gasteiger partial charge in [0, 0.05) is 51.0 Å². The van der Waals surface area contributed by atoms with Gasteiger partial charge in [0.25, 0.3) is 0 Å². The number of carbonyl (C=O) groups excluding carboxylic acids is 1. The molecule has 12 heteroatoms. The van der Waals surface area contributed by atoms with E-state index in [9.17, 15) is 9.59 Å². The van der Waals surface area contributed by atoms with Crippen LogP contribution in [0.25, 0.3) is 33.8 Å². The average molecular weight is 591 g/mol. The Morgan fingerprint density at radius 3 is 2.80 bits per heavy atom. The predicted octanol–water partition coefficient (Wildman–Crippen LogP) is 5.79. The van der Waals surface area contributed by atoms with Gasteiger partial charge >= 0.3 is 0 Å². The molecule has 1 N–H and O–H groups in total. The molecule has 5 aromatic rings. The molecule has 1 aliphatic heterocycles. The molecular formula is C29H23Cl2N7O3. The van der Waals surface area contributed by atoms with Gasteiger partial charge in [-0.3, -0.25) is 19.3 Å². The van der Waals surface area contributed by atoms with Crippen LogP contribution >= 0.6 is 23.2 Å². The third-order valence-electron chi connectivity index (χ3n) is 6.79. The van der Waals surface area contributed by atoms with Gasteiger partial charge in [-0.1, -0.05) is 41.4 Å². The lowest BCUT2D eigenvalue weighted by Crippen LogP contribution is -2.20. The van der Waals surface area contributed by atoms with Gasteiger partial charge in [-0.2, -0.15) is 5.10 Å². The minimum Gasteiger partial charge on any atom is -0.463 e. The Labute approximate surface area is 248 Å². The number of nitrogens with zero attached hydrogens (tertiary/aromatic N) is 6. The maximum absolute atomic E-state index is 13.7. The Kier molecular flexibility index (Phi) is 6.11. The number of benzene rings is 1. The van der Waals surface area contributed by atoms with Crippen LogP contribution in [0.5, 0.6) is 0 Å². The number of carbonyl (C=O) groups is 1. The SMILES string of the molecule is [2H]C([2H])([2H])n1ncc2c1-c1ccnc(c1)/C(c1coc(-c3cc(Cl)ccc3-n3cc(Cl)nn3)cc1=O)=C\CC[C@@H](C)C(=O)N2. The molecule has 0 saturated heterocycles. The van der Waals surface area contributed by atoms with Crippen molar-refractivity contribution in [2.45, 2.75) is 19.8 Å². The lowest BCUT2D eigenvalue weighted by atomic mass is 9.96. The predicted molar refractivity (Wildman–Crippen MR) is 156 cm³/mol. The van der Waals surface area contributed by atoms with Crippen LogP contribution in [0.1, 0.15) is 35.1 Å². The first kappa shape index (κ1) is 23.2. The van der Waals surface area contributed by atoms with E-state index in [2.05, 4.69) is 25.7 Å². The van der Waals surface area contributed by atoms with Gasteiger partial charge in [0.15, 0.2) is 10.6 Å². The van der Waals surface area contributed by atoms with E-state index in [1.807, 2.05) is 6.08 Å². The zero-order valence-electron chi connectivity index (χ0n) is 24.5. The summed E-state index contributed by atoms with van der Waals surface area (Å²) in [5, 5.41) is 15.3. The molecule has 1 aromatic carbocycles. The molecule has 1 amide bonds. The van der Waals surface area contributed by atoms with E-state index in [1.165, 1.54) is 35.6 Å². The van der Waals surface area contributed by atoms with Crippen molar-refractivity contribution in [3.63, 3.8) is 0 Å². The van der Waals surface area contributed by atoms with Crippen molar-refractivity contribution in [2.75, 3.05) is 5.32 Å². The molecule has 0 spiro atoms. The van der Waals surface area contributed by atoms with E-state index in [0.717, 1.165) is 4.68 Å². The third-order valence-corrected chi connectivity index (χ3v) is 7.20. The summed E-state index contributed by atoms with van der Waals surface area (Å²) in [7, 11) is 0. The summed E-state index contributed by atoms with van der Waals surface area (Å²) in [5.74, 6) is -0.474. The van der Waals surface area contributed by atoms with Crippen LogP contribution in [-0.4, -0.2) is 35.7 Å². The summed E-state index contributed by atoms with van der Waals surface area (Å²) < 4.78 is 32.3. The lowest BCUT2D eigenvalue weighted by Gasteiger charge is -2.15. The summed E-state index contributed by atoms with van der Waals surface area (Å²) >= 11 is 12.3. The maximum atomic E-state index is 13.7. The van der Waals surface area contributed by atoms with Gasteiger partial charge in [0.2, 0.25) is 5.91 Å². The van der Waals surface area contributed by atoms with E-state index in [1.54, 1.807) is 37.3 Å². The molecule has 41 heavy (non-hydrogen) atoms. The zero-order valence-corrected chi connectivity index (χ0v) is 23.0. The number of aryl methyl sites for hydroxylation is 1. The number of rotatable bonds is 3. The van der Waals surface area contributed by atoms with Gasteiger partial charge in [0.05, 0.1) is 40.7 Å². The molecule has 1 aliphatic rings. The number of hydrogen-bond donors (Lipinski definition) is 1. The number of anilines is 1. The first-order valence-electron chi connectivity index (χ1n) is 14.1. The summed E-state index contributed by atoms with van der Waals surface area (Å²) in [5.41, 5.74) is 2.66. The Bertz CT molecular complexity index is 2000. The highest BCUT2D eigenvalue weighted by molar-refractivity contribution is 6.31. The molecule has 0 aliphatic carbocycles. The van der Waals surface area contributed by atoms with E-state index < -0.39 is 12.9 Å². The topological polar surface area (TPSA) is 121 Å². The average Bonchev–Trinajstić information content (AvgIpc) is 3.61. The highest BCUT2D eigenvalue weighted by atomic mass is 35.5. The number of pyridine rings is 1. The fraction of sp³-hybridized carbons (Fsp3) is 0.172. The molecule has 1 atom stereocenters. The lowest BCUT2D eigenvalue weighted by molar-refractivity contribution is -0.119. The van der Waals surface area contributed by atoms with Crippen LogP contribution < -0.4 is 10.7 Å². The van der Waals surface area contributed by atoms with Crippen LogP contribution in [0.3, 0.4) is 0 Å². The number of aromatic nitrogens is 6.